The summed E-state index contributed by atoms with van der Waals surface area (Å²) in [6.45, 7) is 0. The fourth-order valence-corrected chi connectivity index (χ4v) is 3.74. The Bertz CT molecular complexity index is 793. The average molecular weight is 294 g/mol. The predicted octanol–water partition coefficient (Wildman–Crippen LogP) is 3.98. The minimum Gasteiger partial charge on any atom is -0.495 e. The normalized spacial score (nSPS) is 12.6. The maximum absolute atomic E-state index is 5.15. The molecule has 1 aromatic carbocycles. The summed E-state index contributed by atoms with van der Waals surface area (Å²) in [5.74, 6) is 0.769. The molecule has 21 heavy (non-hydrogen) atoms. The molecular formula is C17H14N2OS. The van der Waals surface area contributed by atoms with Gasteiger partial charge in [-0.25, -0.2) is 9.97 Å². The van der Waals surface area contributed by atoms with Crippen molar-refractivity contribution in [1.29, 1.82) is 0 Å². The number of aryl methyl sites for hydroxylation is 2. The van der Waals surface area contributed by atoms with E-state index in [0.717, 1.165) is 35.0 Å². The van der Waals surface area contributed by atoms with Crippen molar-refractivity contribution in [2.45, 2.75) is 12.8 Å². The van der Waals surface area contributed by atoms with Gasteiger partial charge in [-0.15, -0.1) is 11.3 Å². The second kappa shape index (κ2) is 4.97. The van der Waals surface area contributed by atoms with Crippen LogP contribution in [0.2, 0.25) is 0 Å². The summed E-state index contributed by atoms with van der Waals surface area (Å²) in [5, 5.41) is 0.986. The van der Waals surface area contributed by atoms with E-state index in [9.17, 15) is 0 Å². The molecule has 2 aromatic heterocycles. The number of hydrogen-bond donors (Lipinski definition) is 0. The van der Waals surface area contributed by atoms with Crippen LogP contribution >= 0.6 is 11.3 Å². The summed E-state index contributed by atoms with van der Waals surface area (Å²) in [6.07, 6.45) is 3.91. The Kier molecular flexibility index (Phi) is 2.97. The Morgan fingerprint density at radius 2 is 2.00 bits per heavy atom. The Morgan fingerprint density at radius 1 is 1.10 bits per heavy atom. The maximum atomic E-state index is 5.15. The van der Waals surface area contributed by atoms with E-state index < -0.39 is 0 Å². The molecule has 0 saturated carbocycles. The lowest BCUT2D eigenvalue weighted by Crippen LogP contribution is -2.01. The second-order valence-corrected chi connectivity index (χ2v) is 6.11. The molecule has 3 nitrogen and oxygen atoms in total. The minimum absolute atomic E-state index is 0.769. The van der Waals surface area contributed by atoms with Crippen LogP contribution < -0.4 is 4.74 Å². The minimum atomic E-state index is 0.769. The molecule has 4 heteroatoms. The van der Waals surface area contributed by atoms with Crippen molar-refractivity contribution in [2.24, 2.45) is 0 Å². The van der Waals surface area contributed by atoms with Crippen molar-refractivity contribution in [3.05, 3.63) is 53.0 Å². The van der Waals surface area contributed by atoms with Crippen molar-refractivity contribution in [3.8, 4) is 27.7 Å². The molecule has 0 atom stereocenters. The van der Waals surface area contributed by atoms with E-state index in [-0.39, 0.29) is 0 Å². The van der Waals surface area contributed by atoms with E-state index in [1.54, 1.807) is 24.6 Å². The lowest BCUT2D eigenvalue weighted by molar-refractivity contribution is 0.413. The number of fused-ring (bicyclic) bond motifs is 3. The SMILES string of the molecule is COc1ccc(-c2nc3c(s2)CCc2ccccc2-3)nc1. The van der Waals surface area contributed by atoms with Crippen molar-refractivity contribution < 1.29 is 4.74 Å². The van der Waals surface area contributed by atoms with E-state index >= 15 is 0 Å². The topological polar surface area (TPSA) is 35.0 Å². The van der Waals surface area contributed by atoms with Crippen molar-refractivity contribution in [2.75, 3.05) is 7.11 Å². The number of rotatable bonds is 2. The molecule has 1 aliphatic rings. The van der Waals surface area contributed by atoms with Crippen LogP contribution in [-0.4, -0.2) is 17.1 Å². The van der Waals surface area contributed by atoms with E-state index in [1.165, 1.54) is 16.0 Å². The number of benzene rings is 1. The van der Waals surface area contributed by atoms with Gasteiger partial charge in [0.1, 0.15) is 10.8 Å². The molecule has 0 N–H and O–H groups in total. The third-order valence-electron chi connectivity index (χ3n) is 3.78. The largest absolute Gasteiger partial charge is 0.495 e. The first-order valence-corrected chi connectivity index (χ1v) is 7.75. The molecule has 0 saturated heterocycles. The smallest absolute Gasteiger partial charge is 0.142 e. The Hall–Kier alpha value is -2.20. The van der Waals surface area contributed by atoms with Crippen molar-refractivity contribution in [3.63, 3.8) is 0 Å². The lowest BCUT2D eigenvalue weighted by Gasteiger charge is -2.13. The first-order chi connectivity index (χ1) is 10.3. The van der Waals surface area contributed by atoms with E-state index in [1.807, 2.05) is 12.1 Å². The van der Waals surface area contributed by atoms with E-state index in [4.69, 9.17) is 9.72 Å². The summed E-state index contributed by atoms with van der Waals surface area (Å²) in [4.78, 5) is 10.6. The van der Waals surface area contributed by atoms with Crippen LogP contribution in [0, 0.1) is 0 Å². The van der Waals surface area contributed by atoms with E-state index in [0.29, 0.717) is 0 Å². The van der Waals surface area contributed by atoms with Crippen LogP contribution in [0.15, 0.2) is 42.6 Å². The van der Waals surface area contributed by atoms with Gasteiger partial charge >= 0.3 is 0 Å². The van der Waals surface area contributed by atoms with Gasteiger partial charge < -0.3 is 4.74 Å². The predicted molar refractivity (Wildman–Crippen MR) is 84.7 cm³/mol. The van der Waals surface area contributed by atoms with Crippen molar-refractivity contribution >= 4 is 11.3 Å². The van der Waals surface area contributed by atoms with Gasteiger partial charge in [-0.05, 0) is 30.5 Å². The molecular weight excluding hydrogens is 280 g/mol. The Morgan fingerprint density at radius 3 is 2.81 bits per heavy atom. The first-order valence-electron chi connectivity index (χ1n) is 6.93. The molecule has 0 spiro atoms. The van der Waals surface area contributed by atoms with Crippen LogP contribution in [0.1, 0.15) is 10.4 Å². The van der Waals surface area contributed by atoms with Gasteiger partial charge in [0.15, 0.2) is 0 Å². The highest BCUT2D eigenvalue weighted by Gasteiger charge is 2.21. The van der Waals surface area contributed by atoms with Crippen LogP contribution in [0.25, 0.3) is 22.0 Å². The number of thiazole rings is 1. The summed E-state index contributed by atoms with van der Waals surface area (Å²) in [6, 6.07) is 12.4. The van der Waals surface area contributed by atoms with Gasteiger partial charge in [0.05, 0.1) is 24.7 Å². The van der Waals surface area contributed by atoms with Gasteiger partial charge in [-0.2, -0.15) is 0 Å². The molecule has 0 amide bonds. The first kappa shape index (κ1) is 12.5. The average Bonchev–Trinajstić information content (AvgIpc) is 2.99. The molecule has 0 fully saturated rings. The molecule has 0 bridgehead atoms. The number of pyridine rings is 1. The third kappa shape index (κ3) is 2.12. The van der Waals surface area contributed by atoms with Gasteiger partial charge in [0.2, 0.25) is 0 Å². The zero-order valence-electron chi connectivity index (χ0n) is 11.7. The van der Waals surface area contributed by atoms with Crippen LogP contribution in [-0.2, 0) is 12.8 Å². The zero-order valence-corrected chi connectivity index (χ0v) is 12.5. The van der Waals surface area contributed by atoms with Gasteiger partial charge in [0, 0.05) is 10.4 Å². The Balaban J connectivity index is 1.79. The molecule has 2 heterocycles. The molecule has 104 valence electrons. The highest BCUT2D eigenvalue weighted by Crippen LogP contribution is 2.39. The number of aromatic nitrogens is 2. The summed E-state index contributed by atoms with van der Waals surface area (Å²) < 4.78 is 5.15. The fourth-order valence-electron chi connectivity index (χ4n) is 2.69. The zero-order chi connectivity index (χ0) is 14.2. The number of nitrogens with zero attached hydrogens (tertiary/aromatic N) is 2. The molecule has 0 aliphatic heterocycles. The monoisotopic (exact) mass is 294 g/mol. The molecule has 3 aromatic rings. The van der Waals surface area contributed by atoms with Crippen LogP contribution in [0.5, 0.6) is 5.75 Å². The number of methoxy groups -OCH3 is 1. The van der Waals surface area contributed by atoms with E-state index in [2.05, 4.69) is 29.2 Å². The standard InChI is InChI=1S/C17H14N2OS/c1-20-12-7-8-14(18-10-12)17-19-16-13-5-3-2-4-11(13)6-9-15(16)21-17/h2-5,7-8,10H,6,9H2,1H3. The van der Waals surface area contributed by atoms with Gasteiger partial charge in [0.25, 0.3) is 0 Å². The highest BCUT2D eigenvalue weighted by molar-refractivity contribution is 7.15. The second-order valence-electron chi connectivity index (χ2n) is 5.03. The lowest BCUT2D eigenvalue weighted by atomic mass is 9.94. The quantitative estimate of drug-likeness (QED) is 0.717. The van der Waals surface area contributed by atoms with Crippen LogP contribution in [0.4, 0.5) is 0 Å². The third-order valence-corrected chi connectivity index (χ3v) is 4.92. The summed E-state index contributed by atoms with van der Waals surface area (Å²) >= 11 is 1.75. The molecule has 0 radical (unpaired) electrons. The summed E-state index contributed by atoms with van der Waals surface area (Å²) in [5.41, 5.74) is 4.71. The van der Waals surface area contributed by atoms with Crippen molar-refractivity contribution in [1.82, 2.24) is 9.97 Å². The fraction of sp³-hybridized carbons (Fsp3) is 0.176. The molecule has 1 aliphatic carbocycles. The number of hydrogen-bond acceptors (Lipinski definition) is 4. The van der Waals surface area contributed by atoms with Gasteiger partial charge in [-0.1, -0.05) is 24.3 Å². The highest BCUT2D eigenvalue weighted by atomic mass is 32.1. The summed E-state index contributed by atoms with van der Waals surface area (Å²) in [7, 11) is 1.65. The Labute approximate surface area is 127 Å². The van der Waals surface area contributed by atoms with Crippen LogP contribution in [0.3, 0.4) is 0 Å². The molecule has 4 rings (SSSR count). The molecule has 0 unspecified atom stereocenters. The van der Waals surface area contributed by atoms with Gasteiger partial charge in [-0.3, -0.25) is 0 Å². The number of ether oxygens (including phenoxy) is 1. The maximum Gasteiger partial charge on any atom is 0.142 e.